The van der Waals surface area contributed by atoms with Crippen LogP contribution in [0.15, 0.2) is 91.0 Å². The van der Waals surface area contributed by atoms with Crippen molar-refractivity contribution in [3.63, 3.8) is 0 Å². The summed E-state index contributed by atoms with van der Waals surface area (Å²) in [4.78, 5) is 0. The molecule has 158 valence electrons. The minimum atomic E-state index is -0.251. The van der Waals surface area contributed by atoms with Crippen molar-refractivity contribution in [1.82, 2.24) is 0 Å². The monoisotopic (exact) mass is 409 g/mol. The highest BCUT2D eigenvalue weighted by Crippen LogP contribution is 2.62. The molecule has 0 spiro atoms. The molecule has 3 aromatic rings. The molecule has 31 heavy (non-hydrogen) atoms. The van der Waals surface area contributed by atoms with Gasteiger partial charge in [0, 0.05) is 23.0 Å². The molecule has 3 heteroatoms. The van der Waals surface area contributed by atoms with Gasteiger partial charge in [0.1, 0.15) is 5.66 Å². The van der Waals surface area contributed by atoms with E-state index in [1.54, 1.807) is 0 Å². The Morgan fingerprint density at radius 2 is 0.935 bits per heavy atom. The zero-order valence-corrected chi connectivity index (χ0v) is 17.9. The van der Waals surface area contributed by atoms with Gasteiger partial charge in [0.2, 0.25) is 0 Å². The summed E-state index contributed by atoms with van der Waals surface area (Å²) in [5.74, 6) is 2.21. The number of rotatable bonds is 6. The number of hydrogen-bond acceptors (Lipinski definition) is 3. The van der Waals surface area contributed by atoms with Gasteiger partial charge in [-0.3, -0.25) is 0 Å². The van der Waals surface area contributed by atoms with Crippen molar-refractivity contribution < 1.29 is 0 Å². The molecular weight excluding hydrogens is 378 g/mol. The summed E-state index contributed by atoms with van der Waals surface area (Å²) in [6, 6.07) is 32.3. The van der Waals surface area contributed by atoms with Gasteiger partial charge in [-0.25, -0.2) is 0 Å². The average Bonchev–Trinajstić information content (AvgIpc) is 2.79. The van der Waals surface area contributed by atoms with E-state index in [1.165, 1.54) is 49.2 Å². The zero-order chi connectivity index (χ0) is 20.7. The minimum Gasteiger partial charge on any atom is -0.375 e. The maximum atomic E-state index is 4.09. The first-order valence-corrected chi connectivity index (χ1v) is 11.7. The lowest BCUT2D eigenvalue weighted by Crippen LogP contribution is -2.78. The molecule has 4 fully saturated rings. The van der Waals surface area contributed by atoms with Crippen LogP contribution in [0.3, 0.4) is 0 Å². The molecule has 2 atom stereocenters. The van der Waals surface area contributed by atoms with Crippen molar-refractivity contribution in [3.05, 3.63) is 91.0 Å². The molecule has 0 aromatic heterocycles. The third-order valence-electron chi connectivity index (χ3n) is 7.93. The van der Waals surface area contributed by atoms with Gasteiger partial charge < -0.3 is 16.0 Å². The highest BCUT2D eigenvalue weighted by atomic mass is 15.3. The normalized spacial score (nSPS) is 30.0. The SMILES string of the molecule is c1ccc(NC23CC4CC(CC(C4)C2(Nc2ccccc2)Nc2ccccc2)C3)cc1. The van der Waals surface area contributed by atoms with Crippen LogP contribution in [0.1, 0.15) is 32.1 Å². The summed E-state index contributed by atoms with van der Waals surface area (Å²) >= 11 is 0. The highest BCUT2D eigenvalue weighted by molar-refractivity contribution is 5.59. The fraction of sp³-hybridized carbons (Fsp3) is 0.357. The van der Waals surface area contributed by atoms with Gasteiger partial charge in [-0.05, 0) is 80.3 Å². The van der Waals surface area contributed by atoms with E-state index in [1.807, 2.05) is 0 Å². The van der Waals surface area contributed by atoms with Crippen LogP contribution in [0, 0.1) is 17.8 Å². The predicted molar refractivity (Wildman–Crippen MR) is 129 cm³/mol. The topological polar surface area (TPSA) is 36.1 Å². The number of hydrogen-bond donors (Lipinski definition) is 3. The van der Waals surface area contributed by atoms with Crippen LogP contribution in [0.5, 0.6) is 0 Å². The number of para-hydroxylation sites is 3. The van der Waals surface area contributed by atoms with Gasteiger partial charge in [0.05, 0.1) is 5.54 Å². The Kier molecular flexibility index (Phi) is 4.45. The van der Waals surface area contributed by atoms with E-state index in [0.29, 0.717) is 5.92 Å². The van der Waals surface area contributed by atoms with Crippen LogP contribution in [0.25, 0.3) is 0 Å². The van der Waals surface area contributed by atoms with Crippen LogP contribution in [0.4, 0.5) is 17.1 Å². The third-order valence-corrected chi connectivity index (χ3v) is 7.93. The van der Waals surface area contributed by atoms with E-state index >= 15 is 0 Å². The molecule has 4 saturated carbocycles. The summed E-state index contributed by atoms with van der Waals surface area (Å²) in [5, 5.41) is 12.2. The summed E-state index contributed by atoms with van der Waals surface area (Å²) in [6.07, 6.45) is 6.41. The van der Waals surface area contributed by atoms with Crippen LogP contribution in [-0.2, 0) is 0 Å². The minimum absolute atomic E-state index is 0.0468. The van der Waals surface area contributed by atoms with E-state index in [9.17, 15) is 0 Å². The van der Waals surface area contributed by atoms with E-state index in [-0.39, 0.29) is 11.2 Å². The second-order valence-electron chi connectivity index (χ2n) is 9.91. The number of anilines is 3. The largest absolute Gasteiger partial charge is 0.375 e. The lowest BCUT2D eigenvalue weighted by atomic mass is 9.47. The lowest BCUT2D eigenvalue weighted by Gasteiger charge is -2.68. The molecule has 4 aliphatic carbocycles. The Morgan fingerprint density at radius 1 is 0.516 bits per heavy atom. The Labute approximate surface area is 185 Å². The van der Waals surface area contributed by atoms with E-state index < -0.39 is 0 Å². The molecule has 3 aromatic carbocycles. The molecule has 3 N–H and O–H groups in total. The second-order valence-corrected chi connectivity index (χ2v) is 9.91. The number of nitrogens with one attached hydrogen (secondary N) is 3. The molecule has 0 aliphatic heterocycles. The van der Waals surface area contributed by atoms with Crippen molar-refractivity contribution in [2.45, 2.75) is 43.3 Å². The summed E-state index contributed by atoms with van der Waals surface area (Å²) < 4.78 is 0. The van der Waals surface area contributed by atoms with Gasteiger partial charge in [-0.1, -0.05) is 54.6 Å². The first kappa shape index (κ1) is 18.8. The maximum absolute atomic E-state index is 4.09. The molecular formula is C28H31N3. The first-order chi connectivity index (χ1) is 15.2. The Hall–Kier alpha value is -2.94. The van der Waals surface area contributed by atoms with E-state index in [4.69, 9.17) is 0 Å². The maximum Gasteiger partial charge on any atom is 0.134 e. The summed E-state index contributed by atoms with van der Waals surface area (Å²) in [6.45, 7) is 0. The summed E-state index contributed by atoms with van der Waals surface area (Å²) in [5.41, 5.74) is 3.30. The summed E-state index contributed by atoms with van der Waals surface area (Å²) in [7, 11) is 0. The lowest BCUT2D eigenvalue weighted by molar-refractivity contribution is -0.0408. The second kappa shape index (κ2) is 7.33. The zero-order valence-electron chi connectivity index (χ0n) is 17.9. The molecule has 4 aliphatic rings. The van der Waals surface area contributed by atoms with Crippen molar-refractivity contribution in [1.29, 1.82) is 0 Å². The van der Waals surface area contributed by atoms with Crippen LogP contribution >= 0.6 is 0 Å². The Bertz CT molecular complexity index is 962. The van der Waals surface area contributed by atoms with Crippen LogP contribution in [0.2, 0.25) is 0 Å². The third kappa shape index (κ3) is 3.18. The van der Waals surface area contributed by atoms with E-state index in [2.05, 4.69) is 107 Å². The van der Waals surface area contributed by atoms with Crippen molar-refractivity contribution in [2.24, 2.45) is 17.8 Å². The van der Waals surface area contributed by atoms with Gasteiger partial charge in [0.25, 0.3) is 0 Å². The molecule has 0 radical (unpaired) electrons. The van der Waals surface area contributed by atoms with Gasteiger partial charge in [0.15, 0.2) is 0 Å². The van der Waals surface area contributed by atoms with Crippen molar-refractivity contribution in [2.75, 3.05) is 16.0 Å². The quantitative estimate of drug-likeness (QED) is 0.402. The van der Waals surface area contributed by atoms with Crippen LogP contribution in [-0.4, -0.2) is 11.2 Å². The Morgan fingerprint density at radius 3 is 1.39 bits per heavy atom. The van der Waals surface area contributed by atoms with Gasteiger partial charge in [-0.2, -0.15) is 0 Å². The standard InChI is InChI=1S/C28H31N3/c1-4-10-24(11-5-1)29-27-19-21-16-22(20-27)18-23(17-21)28(27,30-25-12-6-2-7-13-25)31-26-14-8-3-9-15-26/h1-15,21-23,29-31H,16-20H2. The molecule has 0 amide bonds. The fourth-order valence-corrected chi connectivity index (χ4v) is 7.00. The number of benzene rings is 3. The molecule has 0 saturated heterocycles. The van der Waals surface area contributed by atoms with Crippen LogP contribution < -0.4 is 16.0 Å². The van der Waals surface area contributed by atoms with Gasteiger partial charge in [-0.15, -0.1) is 0 Å². The van der Waals surface area contributed by atoms with Crippen molar-refractivity contribution >= 4 is 17.1 Å². The molecule has 4 bridgehead atoms. The predicted octanol–water partition coefficient (Wildman–Crippen LogP) is 6.60. The first-order valence-electron chi connectivity index (χ1n) is 11.7. The van der Waals surface area contributed by atoms with E-state index in [0.717, 1.165) is 11.8 Å². The highest BCUT2D eigenvalue weighted by Gasteiger charge is 2.66. The molecule has 2 unspecified atom stereocenters. The van der Waals surface area contributed by atoms with Gasteiger partial charge >= 0.3 is 0 Å². The smallest absolute Gasteiger partial charge is 0.134 e. The Balaban J connectivity index is 1.49. The fourth-order valence-electron chi connectivity index (χ4n) is 7.00. The van der Waals surface area contributed by atoms with Crippen molar-refractivity contribution in [3.8, 4) is 0 Å². The molecule has 3 nitrogen and oxygen atoms in total. The molecule has 7 rings (SSSR count). The average molecular weight is 410 g/mol. The molecule has 0 heterocycles.